The summed E-state index contributed by atoms with van der Waals surface area (Å²) in [5.74, 6) is 2.07. The summed E-state index contributed by atoms with van der Waals surface area (Å²) in [5.41, 5.74) is 3.14. The van der Waals surface area contributed by atoms with Gasteiger partial charge < -0.3 is 15.4 Å². The van der Waals surface area contributed by atoms with Gasteiger partial charge in [-0.2, -0.15) is 0 Å². The van der Waals surface area contributed by atoms with Crippen LogP contribution in [-0.2, 0) is 0 Å². The SMILES string of the molecule is C=C[C@H]1CN2CCC1C[C@@H]2[C@H](NC(=S)Nc1ccccc1)c1ccnc2ccc(OC)cc12. The number of hydrogen-bond donors (Lipinski definition) is 2. The van der Waals surface area contributed by atoms with E-state index < -0.39 is 0 Å². The predicted octanol–water partition coefficient (Wildman–Crippen LogP) is 5.17. The van der Waals surface area contributed by atoms with Crippen LogP contribution in [0.4, 0.5) is 5.69 Å². The Balaban J connectivity index is 1.51. The quantitative estimate of drug-likeness (QED) is 0.393. The van der Waals surface area contributed by atoms with Crippen molar-refractivity contribution in [3.8, 4) is 5.75 Å². The summed E-state index contributed by atoms with van der Waals surface area (Å²) in [7, 11) is 1.70. The molecule has 170 valence electrons. The number of methoxy groups -OCH3 is 1. The summed E-state index contributed by atoms with van der Waals surface area (Å²) < 4.78 is 5.53. The van der Waals surface area contributed by atoms with E-state index in [-0.39, 0.29) is 6.04 Å². The van der Waals surface area contributed by atoms with Crippen molar-refractivity contribution in [2.45, 2.75) is 24.9 Å². The van der Waals surface area contributed by atoms with E-state index in [1.54, 1.807) is 7.11 Å². The highest BCUT2D eigenvalue weighted by molar-refractivity contribution is 7.80. The normalized spacial score (nSPS) is 24.8. The molecule has 3 fully saturated rings. The number of fused-ring (bicyclic) bond motifs is 4. The fraction of sp³-hybridized carbons (Fsp3) is 0.333. The average molecular weight is 459 g/mol. The molecule has 6 rings (SSSR count). The van der Waals surface area contributed by atoms with E-state index in [2.05, 4.69) is 45.3 Å². The van der Waals surface area contributed by atoms with Gasteiger partial charge in [-0.25, -0.2) is 0 Å². The van der Waals surface area contributed by atoms with Gasteiger partial charge in [-0.1, -0.05) is 24.3 Å². The number of rotatable bonds is 6. The van der Waals surface area contributed by atoms with Crippen LogP contribution in [0.3, 0.4) is 0 Å². The predicted molar refractivity (Wildman–Crippen MR) is 139 cm³/mol. The summed E-state index contributed by atoms with van der Waals surface area (Å²) in [6, 6.07) is 18.6. The third-order valence-electron chi connectivity index (χ3n) is 7.17. The van der Waals surface area contributed by atoms with Crippen LogP contribution in [0.5, 0.6) is 5.75 Å². The molecule has 0 saturated carbocycles. The minimum Gasteiger partial charge on any atom is -0.497 e. The number of ether oxygens (including phenoxy) is 1. The van der Waals surface area contributed by atoms with Gasteiger partial charge in [0.2, 0.25) is 0 Å². The molecule has 5 atom stereocenters. The van der Waals surface area contributed by atoms with Crippen molar-refractivity contribution in [2.24, 2.45) is 11.8 Å². The second kappa shape index (κ2) is 9.49. The van der Waals surface area contributed by atoms with Crippen LogP contribution in [0.1, 0.15) is 24.4 Å². The van der Waals surface area contributed by atoms with Crippen LogP contribution in [0, 0.1) is 11.8 Å². The van der Waals surface area contributed by atoms with Crippen molar-refractivity contribution < 1.29 is 4.74 Å². The van der Waals surface area contributed by atoms with Gasteiger partial charge in [0.1, 0.15) is 5.75 Å². The lowest BCUT2D eigenvalue weighted by Crippen LogP contribution is -2.57. The van der Waals surface area contributed by atoms with Crippen molar-refractivity contribution in [3.63, 3.8) is 0 Å². The van der Waals surface area contributed by atoms with Crippen molar-refractivity contribution in [2.75, 3.05) is 25.5 Å². The lowest BCUT2D eigenvalue weighted by atomic mass is 9.73. The number of nitrogens with one attached hydrogen (secondary N) is 2. The van der Waals surface area contributed by atoms with Crippen LogP contribution >= 0.6 is 12.2 Å². The molecular weight excluding hydrogens is 428 g/mol. The van der Waals surface area contributed by atoms with E-state index in [1.165, 1.54) is 12.0 Å². The van der Waals surface area contributed by atoms with Crippen LogP contribution < -0.4 is 15.4 Å². The molecular formula is C27H30N4OS. The smallest absolute Gasteiger partial charge is 0.171 e. The van der Waals surface area contributed by atoms with Gasteiger partial charge in [-0.05, 0) is 85.4 Å². The molecule has 33 heavy (non-hydrogen) atoms. The van der Waals surface area contributed by atoms with E-state index in [4.69, 9.17) is 17.0 Å². The van der Waals surface area contributed by atoms with E-state index >= 15 is 0 Å². The molecule has 0 amide bonds. The molecule has 3 aliphatic rings. The van der Waals surface area contributed by atoms with Crippen LogP contribution in [0.15, 0.2) is 73.4 Å². The zero-order chi connectivity index (χ0) is 22.8. The van der Waals surface area contributed by atoms with Gasteiger partial charge in [0, 0.05) is 29.9 Å². The van der Waals surface area contributed by atoms with Gasteiger partial charge in [0.05, 0.1) is 18.7 Å². The number of anilines is 1. The Morgan fingerprint density at radius 3 is 2.82 bits per heavy atom. The fourth-order valence-corrected chi connectivity index (χ4v) is 5.72. The minimum absolute atomic E-state index is 0.0277. The molecule has 2 bridgehead atoms. The van der Waals surface area contributed by atoms with E-state index in [1.807, 2.05) is 48.7 Å². The second-order valence-corrected chi connectivity index (χ2v) is 9.38. The molecule has 0 spiro atoms. The number of nitrogens with zero attached hydrogens (tertiary/aromatic N) is 2. The maximum absolute atomic E-state index is 5.79. The first kappa shape index (κ1) is 21.9. The molecule has 6 heteroatoms. The van der Waals surface area contributed by atoms with Crippen molar-refractivity contribution in [3.05, 3.63) is 79.0 Å². The number of pyridine rings is 1. The molecule has 3 aliphatic heterocycles. The van der Waals surface area contributed by atoms with Crippen molar-refractivity contribution >= 4 is 33.9 Å². The van der Waals surface area contributed by atoms with Gasteiger partial charge in [-0.15, -0.1) is 6.58 Å². The van der Waals surface area contributed by atoms with E-state index in [9.17, 15) is 0 Å². The third-order valence-corrected chi connectivity index (χ3v) is 7.39. The van der Waals surface area contributed by atoms with Crippen LogP contribution in [0.25, 0.3) is 10.9 Å². The second-order valence-electron chi connectivity index (χ2n) is 8.97. The summed E-state index contributed by atoms with van der Waals surface area (Å²) in [6.07, 6.45) is 6.40. The van der Waals surface area contributed by atoms with Gasteiger partial charge in [0.25, 0.3) is 0 Å². The Morgan fingerprint density at radius 2 is 2.09 bits per heavy atom. The minimum atomic E-state index is 0.0277. The highest BCUT2D eigenvalue weighted by Gasteiger charge is 2.43. The molecule has 0 aliphatic carbocycles. The Morgan fingerprint density at radius 1 is 1.24 bits per heavy atom. The molecule has 5 nitrogen and oxygen atoms in total. The Labute approximate surface area is 200 Å². The largest absolute Gasteiger partial charge is 0.497 e. The summed E-state index contributed by atoms with van der Waals surface area (Å²) in [6.45, 7) is 6.26. The average Bonchev–Trinajstić information content (AvgIpc) is 2.87. The first-order valence-electron chi connectivity index (χ1n) is 11.6. The molecule has 2 aromatic carbocycles. The van der Waals surface area contributed by atoms with Crippen molar-refractivity contribution in [1.82, 2.24) is 15.2 Å². The highest BCUT2D eigenvalue weighted by Crippen LogP contribution is 2.42. The Kier molecular flexibility index (Phi) is 6.29. The van der Waals surface area contributed by atoms with Crippen molar-refractivity contribution in [1.29, 1.82) is 0 Å². The first-order valence-corrected chi connectivity index (χ1v) is 12.0. The third kappa shape index (κ3) is 4.45. The number of hydrogen-bond acceptors (Lipinski definition) is 4. The summed E-state index contributed by atoms with van der Waals surface area (Å²) >= 11 is 5.79. The Hall–Kier alpha value is -2.96. The molecule has 3 saturated heterocycles. The molecule has 4 heterocycles. The molecule has 0 radical (unpaired) electrons. The molecule has 1 aromatic heterocycles. The maximum atomic E-state index is 5.79. The number of benzene rings is 2. The number of para-hydroxylation sites is 1. The van der Waals surface area contributed by atoms with Crippen LogP contribution in [-0.4, -0.2) is 41.2 Å². The Bertz CT molecular complexity index is 1150. The highest BCUT2D eigenvalue weighted by atomic mass is 32.1. The number of thiocarbonyl (C=S) groups is 1. The summed E-state index contributed by atoms with van der Waals surface area (Å²) in [5, 5.41) is 8.77. The summed E-state index contributed by atoms with van der Waals surface area (Å²) in [4.78, 5) is 7.22. The zero-order valence-corrected chi connectivity index (χ0v) is 19.7. The topological polar surface area (TPSA) is 49.4 Å². The first-order chi connectivity index (χ1) is 16.2. The lowest BCUT2D eigenvalue weighted by Gasteiger charge is -2.52. The van der Waals surface area contributed by atoms with Gasteiger partial charge in [0.15, 0.2) is 5.11 Å². The van der Waals surface area contributed by atoms with Gasteiger partial charge >= 0.3 is 0 Å². The zero-order valence-electron chi connectivity index (χ0n) is 18.9. The molecule has 2 N–H and O–H groups in total. The monoisotopic (exact) mass is 458 g/mol. The standard InChI is InChI=1S/C27H30N4OS/c1-3-18-17-31-14-12-19(18)15-25(31)26(30-27(33)29-20-7-5-4-6-8-20)22-11-13-28-24-10-9-21(32-2)16-23(22)24/h3-11,13,16,18-19,25-26H,1,12,14-15,17H2,2H3,(H2,29,30,33)/t18-,19?,25+,26+/m0/s1. The van der Waals surface area contributed by atoms with E-state index in [0.29, 0.717) is 23.0 Å². The van der Waals surface area contributed by atoms with E-state index in [0.717, 1.165) is 41.9 Å². The van der Waals surface area contributed by atoms with Crippen LogP contribution in [0.2, 0.25) is 0 Å². The number of aromatic nitrogens is 1. The van der Waals surface area contributed by atoms with Gasteiger partial charge in [-0.3, -0.25) is 9.88 Å². The maximum Gasteiger partial charge on any atom is 0.171 e. The number of piperidine rings is 3. The molecule has 2 unspecified atom stereocenters. The lowest BCUT2D eigenvalue weighted by molar-refractivity contribution is 0.00443. The fourth-order valence-electron chi connectivity index (χ4n) is 5.48. The molecule has 3 aromatic rings.